The molecule has 0 saturated carbocycles. The predicted octanol–water partition coefficient (Wildman–Crippen LogP) is 2.78. The van der Waals surface area contributed by atoms with Gasteiger partial charge in [-0.05, 0) is 23.8 Å². The van der Waals surface area contributed by atoms with Crippen molar-refractivity contribution in [2.45, 2.75) is 6.42 Å². The van der Waals surface area contributed by atoms with Gasteiger partial charge in [-0.15, -0.1) is 0 Å². The highest BCUT2D eigenvalue weighted by molar-refractivity contribution is 6.01. The minimum Gasteiger partial charge on any atom is -0.408 e. The smallest absolute Gasteiger partial charge is 0.408 e. The van der Waals surface area contributed by atoms with Crippen LogP contribution in [0, 0.1) is 0 Å². The Morgan fingerprint density at radius 2 is 2.00 bits per heavy atom. The first-order valence-corrected chi connectivity index (χ1v) is 7.17. The summed E-state index contributed by atoms with van der Waals surface area (Å²) >= 11 is 0. The van der Waals surface area contributed by atoms with Crippen LogP contribution in [0.25, 0.3) is 22.0 Å². The molecule has 1 amide bonds. The monoisotopic (exact) mass is 307 g/mol. The Morgan fingerprint density at radius 1 is 1.13 bits per heavy atom. The molecule has 4 rings (SSSR count). The summed E-state index contributed by atoms with van der Waals surface area (Å²) in [6.45, 7) is 0. The minimum absolute atomic E-state index is 0.163. The maximum absolute atomic E-state index is 12.3. The van der Waals surface area contributed by atoms with Gasteiger partial charge in [0.15, 0.2) is 5.58 Å². The lowest BCUT2D eigenvalue weighted by Crippen LogP contribution is -2.14. The molecule has 2 heterocycles. The molecule has 0 atom stereocenters. The van der Waals surface area contributed by atoms with Crippen LogP contribution in [0.3, 0.4) is 0 Å². The Kier molecular flexibility index (Phi) is 3.01. The van der Waals surface area contributed by atoms with E-state index >= 15 is 0 Å². The van der Waals surface area contributed by atoms with Crippen LogP contribution in [0.1, 0.15) is 5.56 Å². The Morgan fingerprint density at radius 3 is 2.91 bits per heavy atom. The van der Waals surface area contributed by atoms with E-state index in [1.807, 2.05) is 30.5 Å². The SMILES string of the molecule is O=C(Cc1c[nH]c2ccccc12)Nc1cccc2oc(=O)[nH]c12. The number of aromatic amines is 2. The molecule has 2 aromatic carbocycles. The zero-order chi connectivity index (χ0) is 15.8. The molecule has 114 valence electrons. The number of fused-ring (bicyclic) bond motifs is 2. The minimum atomic E-state index is -0.543. The summed E-state index contributed by atoms with van der Waals surface area (Å²) in [5.74, 6) is -0.706. The van der Waals surface area contributed by atoms with Crippen molar-refractivity contribution in [2.75, 3.05) is 5.32 Å². The number of hydrogen-bond donors (Lipinski definition) is 3. The highest BCUT2D eigenvalue weighted by Crippen LogP contribution is 2.22. The van der Waals surface area contributed by atoms with Crippen molar-refractivity contribution in [1.82, 2.24) is 9.97 Å². The molecule has 6 nitrogen and oxygen atoms in total. The zero-order valence-electron chi connectivity index (χ0n) is 12.1. The van der Waals surface area contributed by atoms with Crippen molar-refractivity contribution in [3.8, 4) is 0 Å². The molecular formula is C17H13N3O3. The first-order valence-electron chi connectivity index (χ1n) is 7.17. The number of rotatable bonds is 3. The second-order valence-corrected chi connectivity index (χ2v) is 5.28. The fourth-order valence-electron chi connectivity index (χ4n) is 2.72. The largest absolute Gasteiger partial charge is 0.417 e. The number of H-pyrrole nitrogens is 2. The number of aromatic nitrogens is 2. The molecule has 0 unspecified atom stereocenters. The fraction of sp³-hybridized carbons (Fsp3) is 0.0588. The Balaban J connectivity index is 1.61. The van der Waals surface area contributed by atoms with Crippen molar-refractivity contribution >= 4 is 33.6 Å². The highest BCUT2D eigenvalue weighted by atomic mass is 16.4. The highest BCUT2D eigenvalue weighted by Gasteiger charge is 2.12. The second kappa shape index (κ2) is 5.17. The molecule has 0 aliphatic heterocycles. The summed E-state index contributed by atoms with van der Waals surface area (Å²) in [5.41, 5.74) is 3.35. The molecular weight excluding hydrogens is 294 g/mol. The number of amides is 1. The van der Waals surface area contributed by atoms with Crippen LogP contribution in [0.4, 0.5) is 5.69 Å². The average Bonchev–Trinajstić information content (AvgIpc) is 3.11. The van der Waals surface area contributed by atoms with Gasteiger partial charge in [0.05, 0.1) is 12.1 Å². The summed E-state index contributed by atoms with van der Waals surface area (Å²) in [5, 5.41) is 3.84. The molecule has 0 aliphatic rings. The van der Waals surface area contributed by atoms with E-state index in [1.54, 1.807) is 18.2 Å². The van der Waals surface area contributed by atoms with E-state index in [1.165, 1.54) is 0 Å². The van der Waals surface area contributed by atoms with Crippen molar-refractivity contribution in [3.05, 3.63) is 64.8 Å². The normalized spacial score (nSPS) is 11.1. The third-order valence-corrected chi connectivity index (χ3v) is 3.76. The zero-order valence-corrected chi connectivity index (χ0v) is 12.1. The van der Waals surface area contributed by atoms with Gasteiger partial charge in [-0.25, -0.2) is 4.79 Å². The first-order chi connectivity index (χ1) is 11.2. The number of benzene rings is 2. The standard InChI is InChI=1S/C17H13N3O3/c21-15(8-10-9-18-12-5-2-1-4-11(10)12)19-13-6-3-7-14-16(13)20-17(22)23-14/h1-7,9,18H,8H2,(H,19,21)(H,20,22). The van der Waals surface area contributed by atoms with Gasteiger partial charge in [-0.2, -0.15) is 0 Å². The molecule has 0 fully saturated rings. The van der Waals surface area contributed by atoms with E-state index in [-0.39, 0.29) is 12.3 Å². The Bertz CT molecular complexity index is 1070. The van der Waals surface area contributed by atoms with E-state index in [0.717, 1.165) is 16.5 Å². The van der Waals surface area contributed by atoms with Gasteiger partial charge >= 0.3 is 5.76 Å². The van der Waals surface area contributed by atoms with Crippen LogP contribution in [0.5, 0.6) is 0 Å². The maximum Gasteiger partial charge on any atom is 0.417 e. The Labute approximate surface area is 130 Å². The predicted molar refractivity (Wildman–Crippen MR) is 87.5 cm³/mol. The van der Waals surface area contributed by atoms with Crippen molar-refractivity contribution in [3.63, 3.8) is 0 Å². The third-order valence-electron chi connectivity index (χ3n) is 3.76. The molecule has 3 N–H and O–H groups in total. The lowest BCUT2D eigenvalue weighted by Gasteiger charge is -2.05. The van der Waals surface area contributed by atoms with Crippen LogP contribution >= 0.6 is 0 Å². The molecule has 2 aromatic heterocycles. The van der Waals surface area contributed by atoms with Crippen molar-refractivity contribution in [1.29, 1.82) is 0 Å². The molecule has 0 spiro atoms. The lowest BCUT2D eigenvalue weighted by molar-refractivity contribution is -0.115. The number of carbonyl (C=O) groups excluding carboxylic acids is 1. The number of carbonyl (C=O) groups is 1. The molecule has 0 saturated heterocycles. The Hall–Kier alpha value is -3.28. The van der Waals surface area contributed by atoms with Crippen LogP contribution < -0.4 is 11.1 Å². The van der Waals surface area contributed by atoms with E-state index in [2.05, 4.69) is 15.3 Å². The number of para-hydroxylation sites is 2. The number of hydrogen-bond acceptors (Lipinski definition) is 3. The summed E-state index contributed by atoms with van der Waals surface area (Å²) < 4.78 is 4.99. The molecule has 4 aromatic rings. The van der Waals surface area contributed by atoms with E-state index in [4.69, 9.17) is 4.42 Å². The van der Waals surface area contributed by atoms with Crippen LogP contribution in [0.15, 0.2) is 57.9 Å². The number of oxazole rings is 1. The first kappa shape index (κ1) is 13.4. The third kappa shape index (κ3) is 2.40. The van der Waals surface area contributed by atoms with Crippen LogP contribution in [-0.2, 0) is 11.2 Å². The molecule has 0 radical (unpaired) electrons. The number of anilines is 1. The van der Waals surface area contributed by atoms with E-state index in [9.17, 15) is 9.59 Å². The van der Waals surface area contributed by atoms with E-state index in [0.29, 0.717) is 16.8 Å². The average molecular weight is 307 g/mol. The van der Waals surface area contributed by atoms with Crippen molar-refractivity contribution in [2.24, 2.45) is 0 Å². The van der Waals surface area contributed by atoms with Gasteiger partial charge in [0.1, 0.15) is 5.52 Å². The summed E-state index contributed by atoms with van der Waals surface area (Å²) in [7, 11) is 0. The van der Waals surface area contributed by atoms with Crippen molar-refractivity contribution < 1.29 is 9.21 Å². The van der Waals surface area contributed by atoms with Gasteiger partial charge in [0.2, 0.25) is 5.91 Å². The quantitative estimate of drug-likeness (QED) is 0.543. The molecule has 6 heteroatoms. The van der Waals surface area contributed by atoms with Gasteiger partial charge in [0, 0.05) is 17.1 Å². The van der Waals surface area contributed by atoms with Gasteiger partial charge in [-0.3, -0.25) is 9.78 Å². The summed E-state index contributed by atoms with van der Waals surface area (Å²) in [6.07, 6.45) is 2.08. The second-order valence-electron chi connectivity index (χ2n) is 5.28. The summed E-state index contributed by atoms with van der Waals surface area (Å²) in [6, 6.07) is 12.9. The van der Waals surface area contributed by atoms with Gasteiger partial charge < -0.3 is 14.7 Å². The fourth-order valence-corrected chi connectivity index (χ4v) is 2.72. The van der Waals surface area contributed by atoms with Gasteiger partial charge in [-0.1, -0.05) is 24.3 Å². The lowest BCUT2D eigenvalue weighted by atomic mass is 10.1. The topological polar surface area (TPSA) is 90.9 Å². The molecule has 23 heavy (non-hydrogen) atoms. The number of nitrogens with one attached hydrogen (secondary N) is 3. The van der Waals surface area contributed by atoms with Crippen LogP contribution in [-0.4, -0.2) is 15.9 Å². The van der Waals surface area contributed by atoms with Crippen LogP contribution in [0.2, 0.25) is 0 Å². The molecule has 0 aliphatic carbocycles. The van der Waals surface area contributed by atoms with Gasteiger partial charge in [0.25, 0.3) is 0 Å². The molecule has 0 bridgehead atoms. The maximum atomic E-state index is 12.3. The van der Waals surface area contributed by atoms with E-state index < -0.39 is 5.76 Å². The summed E-state index contributed by atoms with van der Waals surface area (Å²) in [4.78, 5) is 29.3.